The topological polar surface area (TPSA) is 82.8 Å². The van der Waals surface area contributed by atoms with E-state index in [-0.39, 0.29) is 6.54 Å². The van der Waals surface area contributed by atoms with E-state index in [1.165, 1.54) is 0 Å². The number of amides is 1. The fourth-order valence-corrected chi connectivity index (χ4v) is 1.95. The molecule has 0 aromatic heterocycles. The quantitative estimate of drug-likeness (QED) is 0.873. The highest BCUT2D eigenvalue weighted by molar-refractivity contribution is 5.67. The van der Waals surface area contributed by atoms with Crippen molar-refractivity contribution in [2.24, 2.45) is 5.73 Å². The highest BCUT2D eigenvalue weighted by Gasteiger charge is 2.18. The Hall–Kier alpha value is -1.95. The zero-order chi connectivity index (χ0) is 16.9. The van der Waals surface area contributed by atoms with Crippen molar-refractivity contribution < 1.29 is 19.0 Å². The molecular weight excluding hydrogens is 284 g/mol. The number of methoxy groups -OCH3 is 2. The number of hydrogen-bond donors (Lipinski definition) is 2. The second-order valence-corrected chi connectivity index (χ2v) is 6.04. The molecule has 0 fully saturated rings. The van der Waals surface area contributed by atoms with Gasteiger partial charge in [0.2, 0.25) is 0 Å². The molecule has 6 heteroatoms. The van der Waals surface area contributed by atoms with E-state index in [1.807, 2.05) is 39.8 Å². The smallest absolute Gasteiger partial charge is 0.407 e. The summed E-state index contributed by atoms with van der Waals surface area (Å²) in [5, 5.41) is 2.66. The fraction of sp³-hybridized carbons (Fsp3) is 0.562. The normalized spacial score (nSPS) is 12.5. The largest absolute Gasteiger partial charge is 0.496 e. The van der Waals surface area contributed by atoms with Crippen LogP contribution in [0.1, 0.15) is 37.9 Å². The van der Waals surface area contributed by atoms with E-state index in [0.717, 1.165) is 11.1 Å². The first-order valence-corrected chi connectivity index (χ1v) is 7.13. The summed E-state index contributed by atoms with van der Waals surface area (Å²) in [6.45, 7) is 7.59. The minimum Gasteiger partial charge on any atom is -0.496 e. The summed E-state index contributed by atoms with van der Waals surface area (Å²) >= 11 is 0. The Morgan fingerprint density at radius 2 is 1.73 bits per heavy atom. The van der Waals surface area contributed by atoms with E-state index in [9.17, 15) is 4.79 Å². The fourth-order valence-electron chi connectivity index (χ4n) is 1.95. The van der Waals surface area contributed by atoms with Gasteiger partial charge in [-0.15, -0.1) is 0 Å². The lowest BCUT2D eigenvalue weighted by Crippen LogP contribution is -2.36. The van der Waals surface area contributed by atoms with Gasteiger partial charge in [-0.1, -0.05) is 0 Å². The molecule has 0 saturated carbocycles. The Kier molecular flexibility index (Phi) is 6.05. The van der Waals surface area contributed by atoms with Gasteiger partial charge < -0.3 is 25.3 Å². The molecule has 0 bridgehead atoms. The molecule has 124 valence electrons. The van der Waals surface area contributed by atoms with Crippen LogP contribution in [0.4, 0.5) is 4.79 Å². The molecule has 22 heavy (non-hydrogen) atoms. The predicted octanol–water partition coefficient (Wildman–Crippen LogP) is 2.54. The molecule has 0 saturated heterocycles. The maximum Gasteiger partial charge on any atom is 0.407 e. The summed E-state index contributed by atoms with van der Waals surface area (Å²) < 4.78 is 15.8. The molecule has 0 aliphatic rings. The van der Waals surface area contributed by atoms with Crippen LogP contribution in [-0.4, -0.2) is 32.5 Å². The van der Waals surface area contributed by atoms with Crippen LogP contribution in [0, 0.1) is 6.92 Å². The first kappa shape index (κ1) is 18.1. The van der Waals surface area contributed by atoms with Gasteiger partial charge in [0, 0.05) is 18.2 Å². The first-order valence-electron chi connectivity index (χ1n) is 7.13. The molecule has 6 nitrogen and oxygen atoms in total. The van der Waals surface area contributed by atoms with E-state index < -0.39 is 17.7 Å². The van der Waals surface area contributed by atoms with Crippen LogP contribution in [0.15, 0.2) is 12.1 Å². The Labute approximate surface area is 131 Å². The van der Waals surface area contributed by atoms with Gasteiger partial charge in [-0.05, 0) is 45.4 Å². The van der Waals surface area contributed by atoms with Crippen molar-refractivity contribution in [2.45, 2.75) is 39.3 Å². The number of benzene rings is 1. The number of nitrogens with one attached hydrogen (secondary N) is 1. The van der Waals surface area contributed by atoms with Crippen molar-refractivity contribution in [3.05, 3.63) is 23.3 Å². The highest BCUT2D eigenvalue weighted by atomic mass is 16.6. The predicted molar refractivity (Wildman–Crippen MR) is 85.4 cm³/mol. The van der Waals surface area contributed by atoms with E-state index in [2.05, 4.69) is 5.32 Å². The molecule has 1 unspecified atom stereocenters. The zero-order valence-corrected chi connectivity index (χ0v) is 14.1. The molecule has 3 N–H and O–H groups in total. The van der Waals surface area contributed by atoms with Gasteiger partial charge in [0.25, 0.3) is 0 Å². The van der Waals surface area contributed by atoms with Gasteiger partial charge >= 0.3 is 6.09 Å². The average Bonchev–Trinajstić information content (AvgIpc) is 2.43. The number of alkyl carbamates (subject to hydrolysis) is 1. The number of rotatable bonds is 5. The summed E-state index contributed by atoms with van der Waals surface area (Å²) in [5.74, 6) is 1.39. The molecule has 0 spiro atoms. The van der Waals surface area contributed by atoms with Crippen LogP contribution in [-0.2, 0) is 4.74 Å². The number of ether oxygens (including phenoxy) is 3. The van der Waals surface area contributed by atoms with Crippen LogP contribution in [0.25, 0.3) is 0 Å². The van der Waals surface area contributed by atoms with Gasteiger partial charge in [0.1, 0.15) is 17.1 Å². The molecule has 0 radical (unpaired) electrons. The third-order valence-corrected chi connectivity index (χ3v) is 3.07. The SMILES string of the molecule is COc1cc(C(N)CNC(=O)OC(C)(C)C)cc(OC)c1C. The van der Waals surface area contributed by atoms with Crippen LogP contribution in [0.2, 0.25) is 0 Å². The molecule has 0 aliphatic heterocycles. The summed E-state index contributed by atoms with van der Waals surface area (Å²) in [7, 11) is 3.19. The van der Waals surface area contributed by atoms with Crippen LogP contribution >= 0.6 is 0 Å². The number of carbonyl (C=O) groups excluding carboxylic acids is 1. The lowest BCUT2D eigenvalue weighted by atomic mass is 10.0. The Balaban J connectivity index is 2.77. The second-order valence-electron chi connectivity index (χ2n) is 6.04. The van der Waals surface area contributed by atoms with Crippen molar-refractivity contribution in [3.8, 4) is 11.5 Å². The van der Waals surface area contributed by atoms with Crippen LogP contribution in [0.3, 0.4) is 0 Å². The van der Waals surface area contributed by atoms with Gasteiger partial charge in [-0.3, -0.25) is 0 Å². The van der Waals surface area contributed by atoms with Crippen LogP contribution in [0.5, 0.6) is 11.5 Å². The van der Waals surface area contributed by atoms with Gasteiger partial charge in [-0.2, -0.15) is 0 Å². The van der Waals surface area contributed by atoms with Crippen molar-refractivity contribution in [1.29, 1.82) is 0 Å². The lowest BCUT2D eigenvalue weighted by Gasteiger charge is -2.21. The number of nitrogens with two attached hydrogens (primary N) is 1. The van der Waals surface area contributed by atoms with E-state index in [1.54, 1.807) is 14.2 Å². The lowest BCUT2D eigenvalue weighted by molar-refractivity contribution is 0.0524. The minimum atomic E-state index is -0.537. The molecular formula is C16H26N2O4. The molecule has 1 aromatic rings. The van der Waals surface area contributed by atoms with Crippen molar-refractivity contribution in [2.75, 3.05) is 20.8 Å². The Morgan fingerprint density at radius 1 is 1.23 bits per heavy atom. The first-order chi connectivity index (χ1) is 10.2. The summed E-state index contributed by atoms with van der Waals surface area (Å²) in [6, 6.07) is 3.30. The molecule has 1 amide bonds. The average molecular weight is 310 g/mol. The Morgan fingerprint density at radius 3 is 2.14 bits per heavy atom. The van der Waals surface area contributed by atoms with Crippen molar-refractivity contribution in [3.63, 3.8) is 0 Å². The highest BCUT2D eigenvalue weighted by Crippen LogP contribution is 2.31. The number of hydrogen-bond acceptors (Lipinski definition) is 5. The second kappa shape index (κ2) is 7.35. The zero-order valence-electron chi connectivity index (χ0n) is 14.1. The summed E-state index contributed by atoms with van der Waals surface area (Å²) in [4.78, 5) is 11.7. The van der Waals surface area contributed by atoms with E-state index >= 15 is 0 Å². The van der Waals surface area contributed by atoms with Crippen LogP contribution < -0.4 is 20.5 Å². The molecule has 1 rings (SSSR count). The van der Waals surface area contributed by atoms with Crippen molar-refractivity contribution >= 4 is 6.09 Å². The van der Waals surface area contributed by atoms with Gasteiger partial charge in [-0.25, -0.2) is 4.79 Å². The van der Waals surface area contributed by atoms with E-state index in [4.69, 9.17) is 19.9 Å². The minimum absolute atomic E-state index is 0.254. The molecule has 1 aromatic carbocycles. The van der Waals surface area contributed by atoms with E-state index in [0.29, 0.717) is 11.5 Å². The Bertz CT molecular complexity index is 498. The monoisotopic (exact) mass is 310 g/mol. The third-order valence-electron chi connectivity index (χ3n) is 3.07. The maximum absolute atomic E-state index is 11.7. The third kappa shape index (κ3) is 5.11. The van der Waals surface area contributed by atoms with Crippen molar-refractivity contribution in [1.82, 2.24) is 5.32 Å². The molecule has 0 aliphatic carbocycles. The maximum atomic E-state index is 11.7. The standard InChI is InChI=1S/C16H26N2O4/c1-10-13(20-5)7-11(8-14(10)21-6)12(17)9-18-15(19)22-16(2,3)4/h7-8,12H,9,17H2,1-6H3,(H,18,19). The molecule has 1 atom stereocenters. The van der Waals surface area contributed by atoms with Gasteiger partial charge in [0.05, 0.1) is 14.2 Å². The number of carbonyl (C=O) groups is 1. The van der Waals surface area contributed by atoms with Gasteiger partial charge in [0.15, 0.2) is 0 Å². The summed E-state index contributed by atoms with van der Waals surface area (Å²) in [6.07, 6.45) is -0.492. The summed E-state index contributed by atoms with van der Waals surface area (Å²) in [5.41, 5.74) is 7.30. The molecule has 0 heterocycles.